The van der Waals surface area contributed by atoms with Gasteiger partial charge in [-0.3, -0.25) is 4.79 Å². The van der Waals surface area contributed by atoms with Gasteiger partial charge < -0.3 is 14.6 Å². The lowest BCUT2D eigenvalue weighted by Gasteiger charge is -2.08. The number of anilines is 1. The summed E-state index contributed by atoms with van der Waals surface area (Å²) >= 11 is 0. The number of aryl methyl sites for hydroxylation is 1. The van der Waals surface area contributed by atoms with E-state index in [0.29, 0.717) is 23.2 Å². The van der Waals surface area contributed by atoms with Crippen LogP contribution in [0.15, 0.2) is 53.1 Å². The van der Waals surface area contributed by atoms with Gasteiger partial charge in [-0.2, -0.15) is 4.98 Å². The van der Waals surface area contributed by atoms with Crippen LogP contribution in [0.2, 0.25) is 0 Å². The molecule has 0 aliphatic rings. The maximum atomic E-state index is 12.8. The number of carbonyl (C=O) groups excluding carboxylic acids is 1. The predicted molar refractivity (Wildman–Crippen MR) is 85.0 cm³/mol. The van der Waals surface area contributed by atoms with Crippen LogP contribution in [0.5, 0.6) is 5.75 Å². The largest absolute Gasteiger partial charge is 0.484 e. The van der Waals surface area contributed by atoms with Crippen LogP contribution in [0, 0.1) is 12.7 Å². The van der Waals surface area contributed by atoms with E-state index in [9.17, 15) is 9.18 Å². The van der Waals surface area contributed by atoms with Gasteiger partial charge in [-0.15, -0.1) is 0 Å². The fraction of sp³-hybridized carbons (Fsp3) is 0.118. The molecule has 6 nitrogen and oxygen atoms in total. The molecular formula is C17H14FN3O3. The summed E-state index contributed by atoms with van der Waals surface area (Å²) < 4.78 is 23.0. The summed E-state index contributed by atoms with van der Waals surface area (Å²) in [4.78, 5) is 16.1. The number of halogens is 1. The first-order valence-electron chi connectivity index (χ1n) is 7.19. The standard InChI is InChI=1S/C17H14FN3O3/c1-11-19-17(21-24-11)12-3-2-4-14(9-12)20-16(22)10-23-15-7-5-13(18)6-8-15/h2-9H,10H2,1H3,(H,20,22). The van der Waals surface area contributed by atoms with Crippen molar-refractivity contribution < 1.29 is 18.4 Å². The number of rotatable bonds is 5. The Morgan fingerprint density at radius 2 is 2.04 bits per heavy atom. The third-order valence-corrected chi connectivity index (χ3v) is 3.12. The van der Waals surface area contributed by atoms with Crippen molar-refractivity contribution in [2.75, 3.05) is 11.9 Å². The lowest BCUT2D eigenvalue weighted by Crippen LogP contribution is -2.20. The molecule has 0 aliphatic carbocycles. The Balaban J connectivity index is 1.61. The SMILES string of the molecule is Cc1nc(-c2cccc(NC(=O)COc3ccc(F)cc3)c2)no1. The van der Waals surface area contributed by atoms with Crippen LogP contribution in [0.3, 0.4) is 0 Å². The van der Waals surface area contributed by atoms with Gasteiger partial charge in [0, 0.05) is 18.2 Å². The number of hydrogen-bond acceptors (Lipinski definition) is 5. The summed E-state index contributed by atoms with van der Waals surface area (Å²) in [5.74, 6) is 0.641. The summed E-state index contributed by atoms with van der Waals surface area (Å²) in [6.45, 7) is 1.52. The van der Waals surface area contributed by atoms with Gasteiger partial charge in [0.15, 0.2) is 6.61 Å². The van der Waals surface area contributed by atoms with Gasteiger partial charge in [-0.05, 0) is 36.4 Å². The maximum Gasteiger partial charge on any atom is 0.262 e. The minimum atomic E-state index is -0.361. The molecule has 0 atom stereocenters. The molecule has 0 radical (unpaired) electrons. The first-order valence-corrected chi connectivity index (χ1v) is 7.19. The Bertz CT molecular complexity index is 846. The van der Waals surface area contributed by atoms with Gasteiger partial charge >= 0.3 is 0 Å². The third-order valence-electron chi connectivity index (χ3n) is 3.12. The maximum absolute atomic E-state index is 12.8. The highest BCUT2D eigenvalue weighted by Crippen LogP contribution is 2.20. The number of nitrogens with zero attached hydrogens (tertiary/aromatic N) is 2. The Hall–Kier alpha value is -3.22. The van der Waals surface area contributed by atoms with E-state index in [-0.39, 0.29) is 18.3 Å². The van der Waals surface area contributed by atoms with Gasteiger partial charge in [-0.1, -0.05) is 17.3 Å². The average Bonchev–Trinajstić information content (AvgIpc) is 3.01. The number of benzene rings is 2. The van der Waals surface area contributed by atoms with E-state index < -0.39 is 0 Å². The summed E-state index contributed by atoms with van der Waals surface area (Å²) in [7, 11) is 0. The molecule has 0 bridgehead atoms. The van der Waals surface area contributed by atoms with Gasteiger partial charge in [0.25, 0.3) is 5.91 Å². The topological polar surface area (TPSA) is 77.2 Å². The zero-order valence-electron chi connectivity index (χ0n) is 12.8. The van der Waals surface area contributed by atoms with Crippen molar-refractivity contribution in [3.63, 3.8) is 0 Å². The molecular weight excluding hydrogens is 313 g/mol. The molecule has 24 heavy (non-hydrogen) atoms. The molecule has 1 heterocycles. The smallest absolute Gasteiger partial charge is 0.262 e. The third kappa shape index (κ3) is 3.95. The highest BCUT2D eigenvalue weighted by molar-refractivity contribution is 5.92. The van der Waals surface area contributed by atoms with E-state index in [1.807, 2.05) is 6.07 Å². The molecule has 3 rings (SSSR count). The molecule has 1 N–H and O–H groups in total. The number of hydrogen-bond donors (Lipinski definition) is 1. The predicted octanol–water partition coefficient (Wildman–Crippen LogP) is 3.20. The van der Waals surface area contributed by atoms with Gasteiger partial charge in [0.1, 0.15) is 11.6 Å². The van der Waals surface area contributed by atoms with Crippen molar-refractivity contribution >= 4 is 11.6 Å². The van der Waals surface area contributed by atoms with Gasteiger partial charge in [-0.25, -0.2) is 4.39 Å². The molecule has 0 spiro atoms. The van der Waals surface area contributed by atoms with Crippen molar-refractivity contribution in [3.8, 4) is 17.1 Å². The van der Waals surface area contributed by atoms with E-state index in [1.54, 1.807) is 25.1 Å². The zero-order chi connectivity index (χ0) is 16.9. The van der Waals surface area contributed by atoms with Crippen molar-refractivity contribution in [3.05, 3.63) is 60.2 Å². The second-order valence-electron chi connectivity index (χ2n) is 5.01. The number of carbonyl (C=O) groups is 1. The molecule has 0 aliphatic heterocycles. The zero-order valence-corrected chi connectivity index (χ0v) is 12.8. The van der Waals surface area contributed by atoms with E-state index in [0.717, 1.165) is 5.56 Å². The van der Waals surface area contributed by atoms with Crippen LogP contribution in [0.4, 0.5) is 10.1 Å². The molecule has 2 aromatic carbocycles. The first-order chi connectivity index (χ1) is 11.6. The molecule has 1 amide bonds. The normalized spacial score (nSPS) is 10.4. The van der Waals surface area contributed by atoms with Crippen molar-refractivity contribution in [2.45, 2.75) is 6.92 Å². The summed E-state index contributed by atoms with van der Waals surface area (Å²) in [5, 5.41) is 6.55. The quantitative estimate of drug-likeness (QED) is 0.778. The van der Waals surface area contributed by atoms with Gasteiger partial charge in [0.2, 0.25) is 11.7 Å². The lowest BCUT2D eigenvalue weighted by molar-refractivity contribution is -0.118. The molecule has 7 heteroatoms. The van der Waals surface area contributed by atoms with E-state index >= 15 is 0 Å². The summed E-state index contributed by atoms with van der Waals surface area (Å²) in [6, 6.07) is 12.5. The van der Waals surface area contributed by atoms with Crippen LogP contribution in [-0.2, 0) is 4.79 Å². The lowest BCUT2D eigenvalue weighted by atomic mass is 10.2. The minimum absolute atomic E-state index is 0.183. The minimum Gasteiger partial charge on any atom is -0.484 e. The highest BCUT2D eigenvalue weighted by Gasteiger charge is 2.08. The Morgan fingerprint density at radius 1 is 1.25 bits per heavy atom. The number of nitrogens with one attached hydrogen (secondary N) is 1. The molecule has 122 valence electrons. The Morgan fingerprint density at radius 3 is 2.75 bits per heavy atom. The number of ether oxygens (including phenoxy) is 1. The Kier molecular flexibility index (Phi) is 4.51. The first kappa shape index (κ1) is 15.7. The second kappa shape index (κ2) is 6.91. The molecule has 0 unspecified atom stereocenters. The van der Waals surface area contributed by atoms with Crippen LogP contribution in [0.1, 0.15) is 5.89 Å². The van der Waals surface area contributed by atoms with Crippen molar-refractivity contribution in [2.24, 2.45) is 0 Å². The highest BCUT2D eigenvalue weighted by atomic mass is 19.1. The summed E-state index contributed by atoms with van der Waals surface area (Å²) in [5.41, 5.74) is 1.31. The van der Waals surface area contributed by atoms with Crippen LogP contribution < -0.4 is 10.1 Å². The summed E-state index contributed by atoms with van der Waals surface area (Å²) in [6.07, 6.45) is 0. The van der Waals surface area contributed by atoms with E-state index in [1.165, 1.54) is 24.3 Å². The fourth-order valence-corrected chi connectivity index (χ4v) is 2.03. The molecule has 1 aromatic heterocycles. The van der Waals surface area contributed by atoms with Gasteiger partial charge in [0.05, 0.1) is 0 Å². The Labute approximate surface area is 137 Å². The van der Waals surface area contributed by atoms with Crippen LogP contribution in [0.25, 0.3) is 11.4 Å². The second-order valence-corrected chi connectivity index (χ2v) is 5.01. The van der Waals surface area contributed by atoms with Crippen LogP contribution in [-0.4, -0.2) is 22.7 Å². The van der Waals surface area contributed by atoms with E-state index in [2.05, 4.69) is 15.5 Å². The average molecular weight is 327 g/mol. The fourth-order valence-electron chi connectivity index (χ4n) is 2.03. The van der Waals surface area contributed by atoms with Crippen LogP contribution >= 0.6 is 0 Å². The number of aromatic nitrogens is 2. The molecule has 0 fully saturated rings. The molecule has 0 saturated carbocycles. The van der Waals surface area contributed by atoms with Crippen molar-refractivity contribution in [1.82, 2.24) is 10.1 Å². The van der Waals surface area contributed by atoms with Crippen molar-refractivity contribution in [1.29, 1.82) is 0 Å². The number of amides is 1. The van der Waals surface area contributed by atoms with E-state index in [4.69, 9.17) is 9.26 Å². The molecule has 3 aromatic rings. The molecule has 0 saturated heterocycles. The monoisotopic (exact) mass is 327 g/mol.